The first-order valence-electron chi connectivity index (χ1n) is 3.94. The summed E-state index contributed by atoms with van der Waals surface area (Å²) in [5.41, 5.74) is -0.759. The van der Waals surface area contributed by atoms with Gasteiger partial charge in [-0.2, -0.15) is 0 Å². The van der Waals surface area contributed by atoms with Crippen LogP contribution in [0.3, 0.4) is 0 Å². The number of aliphatic carboxylic acids is 1. The number of carboxylic acid groups (broad SMARTS) is 1. The van der Waals surface area contributed by atoms with Crippen LogP contribution >= 0.6 is 0 Å². The third-order valence-electron chi connectivity index (χ3n) is 1.73. The predicted molar refractivity (Wildman–Crippen MR) is 44.2 cm³/mol. The van der Waals surface area contributed by atoms with E-state index in [-0.39, 0.29) is 0 Å². The Balaban J connectivity index is 3.61. The lowest BCUT2D eigenvalue weighted by Crippen LogP contribution is -2.38. The standard InChI is InChI=1S/C9H16O3/c1-4-12-7-5-6-9(2,3)8(10)11/h4H,1,5-7H2,2-3H3,(H,10,11)/p-1. The number of carbonyl (C=O) groups is 1. The van der Waals surface area contributed by atoms with Gasteiger partial charge in [-0.05, 0) is 12.8 Å². The second kappa shape index (κ2) is 4.80. The highest BCUT2D eigenvalue weighted by Crippen LogP contribution is 2.20. The Morgan fingerprint density at radius 1 is 1.67 bits per heavy atom. The van der Waals surface area contributed by atoms with Gasteiger partial charge in [-0.25, -0.2) is 0 Å². The molecule has 0 unspecified atom stereocenters. The first-order chi connectivity index (χ1) is 5.50. The van der Waals surface area contributed by atoms with Crippen molar-refractivity contribution in [1.29, 1.82) is 0 Å². The molecular formula is C9H15O3-. The molecule has 0 radical (unpaired) electrons. The average molecular weight is 171 g/mol. The van der Waals surface area contributed by atoms with E-state index in [1.807, 2.05) is 0 Å². The van der Waals surface area contributed by atoms with Gasteiger partial charge in [0.25, 0.3) is 0 Å². The fourth-order valence-electron chi connectivity index (χ4n) is 0.783. The molecule has 0 amide bonds. The maximum atomic E-state index is 10.5. The summed E-state index contributed by atoms with van der Waals surface area (Å²) in [7, 11) is 0. The molecule has 0 fully saturated rings. The minimum atomic E-state index is -1.01. The molecular weight excluding hydrogens is 156 g/mol. The normalized spacial score (nSPS) is 10.8. The van der Waals surface area contributed by atoms with Crippen molar-refractivity contribution < 1.29 is 14.6 Å². The van der Waals surface area contributed by atoms with E-state index in [9.17, 15) is 9.90 Å². The Bertz CT molecular complexity index is 161. The van der Waals surface area contributed by atoms with Gasteiger partial charge >= 0.3 is 0 Å². The lowest BCUT2D eigenvalue weighted by molar-refractivity contribution is -0.317. The van der Waals surface area contributed by atoms with Gasteiger partial charge in [-0.1, -0.05) is 20.4 Å². The van der Waals surface area contributed by atoms with Crippen LogP contribution in [-0.2, 0) is 9.53 Å². The number of hydrogen-bond donors (Lipinski definition) is 0. The van der Waals surface area contributed by atoms with Gasteiger partial charge in [0, 0.05) is 11.4 Å². The minimum Gasteiger partial charge on any atom is -0.550 e. The van der Waals surface area contributed by atoms with Crippen LogP contribution in [0.4, 0.5) is 0 Å². The predicted octanol–water partition coefficient (Wildman–Crippen LogP) is 0.703. The van der Waals surface area contributed by atoms with Crippen LogP contribution in [0.2, 0.25) is 0 Å². The SMILES string of the molecule is C=COCCCC(C)(C)C(=O)[O-]. The molecule has 0 atom stereocenters. The molecule has 70 valence electrons. The van der Waals surface area contributed by atoms with E-state index in [2.05, 4.69) is 6.58 Å². The molecule has 0 aromatic carbocycles. The third-order valence-corrected chi connectivity index (χ3v) is 1.73. The van der Waals surface area contributed by atoms with Crippen molar-refractivity contribution in [2.24, 2.45) is 5.41 Å². The Hall–Kier alpha value is -0.990. The van der Waals surface area contributed by atoms with Crippen LogP contribution in [0.25, 0.3) is 0 Å². The Morgan fingerprint density at radius 3 is 2.67 bits per heavy atom. The Morgan fingerprint density at radius 2 is 2.25 bits per heavy atom. The van der Waals surface area contributed by atoms with Gasteiger partial charge in [-0.15, -0.1) is 0 Å². The fraction of sp³-hybridized carbons (Fsp3) is 0.667. The van der Waals surface area contributed by atoms with Crippen molar-refractivity contribution in [2.45, 2.75) is 26.7 Å². The quantitative estimate of drug-likeness (QED) is 0.436. The van der Waals surface area contributed by atoms with E-state index in [0.29, 0.717) is 19.4 Å². The fourth-order valence-corrected chi connectivity index (χ4v) is 0.783. The molecule has 0 N–H and O–H groups in total. The van der Waals surface area contributed by atoms with Gasteiger partial charge < -0.3 is 14.6 Å². The molecule has 0 aromatic rings. The van der Waals surface area contributed by atoms with Crippen molar-refractivity contribution in [3.05, 3.63) is 12.8 Å². The van der Waals surface area contributed by atoms with Crippen LogP contribution in [0, 0.1) is 5.41 Å². The summed E-state index contributed by atoms with van der Waals surface area (Å²) in [6.45, 7) is 7.19. The minimum absolute atomic E-state index is 0.514. The van der Waals surface area contributed by atoms with Crippen LogP contribution in [-0.4, -0.2) is 12.6 Å². The number of carbonyl (C=O) groups excluding carboxylic acids is 1. The average Bonchev–Trinajstić information content (AvgIpc) is 1.98. The van der Waals surface area contributed by atoms with Gasteiger partial charge in [0.15, 0.2) is 0 Å². The molecule has 0 spiro atoms. The molecule has 0 heterocycles. The Labute approximate surface area is 73.0 Å². The Kier molecular flexibility index (Phi) is 4.40. The first-order valence-corrected chi connectivity index (χ1v) is 3.94. The smallest absolute Gasteiger partial charge is 0.0873 e. The summed E-state index contributed by atoms with van der Waals surface area (Å²) >= 11 is 0. The molecule has 0 rings (SSSR count). The number of hydrogen-bond acceptors (Lipinski definition) is 3. The summed E-state index contributed by atoms with van der Waals surface area (Å²) in [6, 6.07) is 0. The number of rotatable bonds is 6. The van der Waals surface area contributed by atoms with Gasteiger partial charge in [-0.3, -0.25) is 0 Å². The van der Waals surface area contributed by atoms with Crippen molar-refractivity contribution in [3.8, 4) is 0 Å². The molecule has 0 aliphatic heterocycles. The molecule has 0 aliphatic carbocycles. The molecule has 3 heteroatoms. The molecule has 12 heavy (non-hydrogen) atoms. The summed E-state index contributed by atoms with van der Waals surface area (Å²) in [4.78, 5) is 10.5. The lowest BCUT2D eigenvalue weighted by Gasteiger charge is -2.25. The maximum absolute atomic E-state index is 10.5. The highest BCUT2D eigenvalue weighted by atomic mass is 16.5. The van der Waals surface area contributed by atoms with Crippen LogP contribution in [0.5, 0.6) is 0 Å². The number of carboxylic acids is 1. The van der Waals surface area contributed by atoms with E-state index in [0.717, 1.165) is 0 Å². The lowest BCUT2D eigenvalue weighted by atomic mass is 9.88. The van der Waals surface area contributed by atoms with Crippen molar-refractivity contribution >= 4 is 5.97 Å². The van der Waals surface area contributed by atoms with Crippen molar-refractivity contribution in [1.82, 2.24) is 0 Å². The third kappa shape index (κ3) is 4.01. The van der Waals surface area contributed by atoms with Gasteiger partial charge in [0.05, 0.1) is 12.9 Å². The van der Waals surface area contributed by atoms with Gasteiger partial charge in [0.1, 0.15) is 0 Å². The van der Waals surface area contributed by atoms with E-state index in [1.54, 1.807) is 13.8 Å². The molecule has 3 nitrogen and oxygen atoms in total. The largest absolute Gasteiger partial charge is 0.550 e. The summed E-state index contributed by atoms with van der Waals surface area (Å²) < 4.78 is 4.86. The van der Waals surface area contributed by atoms with E-state index < -0.39 is 11.4 Å². The zero-order valence-electron chi connectivity index (χ0n) is 7.63. The van der Waals surface area contributed by atoms with Crippen LogP contribution < -0.4 is 5.11 Å². The van der Waals surface area contributed by atoms with Crippen molar-refractivity contribution in [3.63, 3.8) is 0 Å². The van der Waals surface area contributed by atoms with E-state index in [1.165, 1.54) is 6.26 Å². The second-order valence-corrected chi connectivity index (χ2v) is 3.31. The molecule has 0 aliphatic rings. The first kappa shape index (κ1) is 11.0. The number of ether oxygens (including phenoxy) is 1. The van der Waals surface area contributed by atoms with E-state index >= 15 is 0 Å². The topological polar surface area (TPSA) is 49.4 Å². The van der Waals surface area contributed by atoms with Crippen LogP contribution in [0.1, 0.15) is 26.7 Å². The van der Waals surface area contributed by atoms with Crippen molar-refractivity contribution in [2.75, 3.05) is 6.61 Å². The zero-order valence-corrected chi connectivity index (χ0v) is 7.63. The second-order valence-electron chi connectivity index (χ2n) is 3.31. The summed E-state index contributed by atoms with van der Waals surface area (Å²) in [6.07, 6.45) is 2.61. The summed E-state index contributed by atoms with van der Waals surface area (Å²) in [5, 5.41) is 10.5. The molecule has 0 saturated carbocycles. The van der Waals surface area contributed by atoms with Gasteiger partial charge in [0.2, 0.25) is 0 Å². The highest BCUT2D eigenvalue weighted by Gasteiger charge is 2.18. The molecule has 0 bridgehead atoms. The highest BCUT2D eigenvalue weighted by molar-refractivity contribution is 5.71. The van der Waals surface area contributed by atoms with E-state index in [4.69, 9.17) is 4.74 Å². The van der Waals surface area contributed by atoms with Crippen LogP contribution in [0.15, 0.2) is 12.8 Å². The molecule has 0 saturated heterocycles. The summed E-state index contributed by atoms with van der Waals surface area (Å²) in [5.74, 6) is -1.01. The monoisotopic (exact) mass is 171 g/mol. The maximum Gasteiger partial charge on any atom is 0.0873 e. The zero-order chi connectivity index (χ0) is 9.61. The molecule has 0 aromatic heterocycles.